The van der Waals surface area contributed by atoms with Crippen LogP contribution in [-0.2, 0) is 15.9 Å². The van der Waals surface area contributed by atoms with E-state index >= 15 is 0 Å². The summed E-state index contributed by atoms with van der Waals surface area (Å²) in [6, 6.07) is 1.42. The van der Waals surface area contributed by atoms with Crippen LogP contribution in [0.5, 0.6) is 0 Å². The van der Waals surface area contributed by atoms with Gasteiger partial charge in [-0.15, -0.1) is 0 Å². The third kappa shape index (κ3) is 3.08. The zero-order valence-electron chi connectivity index (χ0n) is 12.2. The van der Waals surface area contributed by atoms with Gasteiger partial charge in [0, 0.05) is 6.20 Å². The van der Waals surface area contributed by atoms with Crippen LogP contribution in [0, 0.1) is 0 Å². The molecule has 0 radical (unpaired) electrons. The molecule has 118 valence electrons. The van der Waals surface area contributed by atoms with Gasteiger partial charge in [0.1, 0.15) is 6.54 Å². The lowest BCUT2D eigenvalue weighted by atomic mass is 9.85. The van der Waals surface area contributed by atoms with E-state index in [1.807, 2.05) is 27.7 Å². The van der Waals surface area contributed by atoms with Crippen molar-refractivity contribution in [1.82, 2.24) is 9.78 Å². The van der Waals surface area contributed by atoms with E-state index in [0.29, 0.717) is 0 Å². The third-order valence-corrected chi connectivity index (χ3v) is 3.85. The Hall–Kier alpha value is -1.09. The maximum Gasteiger partial charge on any atom is 0.516 e. The normalized spacial score (nSPS) is 21.3. The van der Waals surface area contributed by atoms with Crippen LogP contribution in [0.2, 0.25) is 0 Å². The summed E-state index contributed by atoms with van der Waals surface area (Å²) in [5.74, 6) is -4.13. The number of hydrogen-bond donors (Lipinski definition) is 0. The molecule has 2 heterocycles. The van der Waals surface area contributed by atoms with Crippen LogP contribution in [0.3, 0.4) is 0 Å². The molecule has 1 aromatic rings. The van der Waals surface area contributed by atoms with Crippen molar-refractivity contribution in [1.29, 1.82) is 0 Å². The van der Waals surface area contributed by atoms with E-state index in [2.05, 4.69) is 5.10 Å². The van der Waals surface area contributed by atoms with Crippen molar-refractivity contribution < 1.29 is 26.9 Å². The zero-order valence-corrected chi connectivity index (χ0v) is 12.2. The van der Waals surface area contributed by atoms with Crippen molar-refractivity contribution in [3.63, 3.8) is 0 Å². The summed E-state index contributed by atoms with van der Waals surface area (Å²) in [4.78, 5) is 0. The third-order valence-electron chi connectivity index (χ3n) is 3.85. The van der Waals surface area contributed by atoms with Crippen LogP contribution in [-0.4, -0.2) is 40.4 Å². The molecule has 1 aliphatic heterocycles. The van der Waals surface area contributed by atoms with Crippen LogP contribution in [0.15, 0.2) is 12.3 Å². The highest BCUT2D eigenvalue weighted by molar-refractivity contribution is 6.61. The van der Waals surface area contributed by atoms with Gasteiger partial charge in [-0.1, -0.05) is 0 Å². The SMILES string of the molecule is CC1(C)OB(c2ccn(CC(F)(F)C(F)F)n2)OC1(C)C. The van der Waals surface area contributed by atoms with Gasteiger partial charge in [0.25, 0.3) is 0 Å². The molecular weight excluding hydrogens is 291 g/mol. The Morgan fingerprint density at radius 3 is 2.24 bits per heavy atom. The van der Waals surface area contributed by atoms with Gasteiger partial charge in [0.2, 0.25) is 0 Å². The molecule has 0 N–H and O–H groups in total. The second-order valence-electron chi connectivity index (χ2n) is 6.09. The van der Waals surface area contributed by atoms with E-state index < -0.39 is 37.2 Å². The Bertz CT molecular complexity index is 503. The smallest absolute Gasteiger partial charge is 0.398 e. The second kappa shape index (κ2) is 4.98. The van der Waals surface area contributed by atoms with Gasteiger partial charge in [-0.2, -0.15) is 13.9 Å². The summed E-state index contributed by atoms with van der Waals surface area (Å²) in [7, 11) is -0.809. The highest BCUT2D eigenvalue weighted by Crippen LogP contribution is 2.36. The fourth-order valence-electron chi connectivity index (χ4n) is 1.84. The number of nitrogens with zero attached hydrogens (tertiary/aromatic N) is 2. The molecule has 21 heavy (non-hydrogen) atoms. The monoisotopic (exact) mass is 308 g/mol. The minimum atomic E-state index is -4.13. The Balaban J connectivity index is 2.12. The van der Waals surface area contributed by atoms with Gasteiger partial charge in [-0.3, -0.25) is 4.68 Å². The highest BCUT2D eigenvalue weighted by Gasteiger charge is 2.52. The highest BCUT2D eigenvalue weighted by atomic mass is 19.3. The van der Waals surface area contributed by atoms with E-state index in [-0.39, 0.29) is 5.59 Å². The quantitative estimate of drug-likeness (QED) is 0.631. The summed E-state index contributed by atoms with van der Waals surface area (Å²) in [6.45, 7) is 6.18. The molecule has 4 nitrogen and oxygen atoms in total. The van der Waals surface area contributed by atoms with Crippen molar-refractivity contribution in [2.45, 2.75) is 57.8 Å². The zero-order chi connectivity index (χ0) is 16.1. The predicted octanol–water partition coefficient (Wildman–Crippen LogP) is 2.08. The number of alkyl halides is 4. The first-order chi connectivity index (χ1) is 9.45. The van der Waals surface area contributed by atoms with E-state index in [9.17, 15) is 17.6 Å². The topological polar surface area (TPSA) is 36.3 Å². The van der Waals surface area contributed by atoms with Crippen LogP contribution < -0.4 is 5.59 Å². The molecule has 9 heteroatoms. The molecular formula is C12H17BF4N2O2. The van der Waals surface area contributed by atoms with Gasteiger partial charge in [0.05, 0.1) is 16.8 Å². The molecule has 0 bridgehead atoms. The van der Waals surface area contributed by atoms with E-state index in [1.165, 1.54) is 12.3 Å². The van der Waals surface area contributed by atoms with Crippen LogP contribution >= 0.6 is 0 Å². The maximum absolute atomic E-state index is 13.0. The first kappa shape index (κ1) is 16.3. The molecule has 0 unspecified atom stereocenters. The van der Waals surface area contributed by atoms with Gasteiger partial charge in [0.15, 0.2) is 0 Å². The molecule has 0 spiro atoms. The molecule has 0 saturated carbocycles. The number of aromatic nitrogens is 2. The summed E-state index contributed by atoms with van der Waals surface area (Å²) in [5, 5.41) is 3.84. The lowest BCUT2D eigenvalue weighted by Crippen LogP contribution is -2.41. The number of rotatable bonds is 4. The average molecular weight is 308 g/mol. The van der Waals surface area contributed by atoms with E-state index in [1.54, 1.807) is 0 Å². The van der Waals surface area contributed by atoms with E-state index in [4.69, 9.17) is 9.31 Å². The van der Waals surface area contributed by atoms with Crippen molar-refractivity contribution in [2.75, 3.05) is 0 Å². The average Bonchev–Trinajstić information content (AvgIpc) is 2.82. The molecule has 0 atom stereocenters. The molecule has 0 aromatic carbocycles. The van der Waals surface area contributed by atoms with Crippen LogP contribution in [0.1, 0.15) is 27.7 Å². The summed E-state index contributed by atoms with van der Waals surface area (Å²) in [6.07, 6.45) is -2.53. The fourth-order valence-corrected chi connectivity index (χ4v) is 1.84. The minimum Gasteiger partial charge on any atom is -0.398 e. The molecule has 1 aliphatic rings. The van der Waals surface area contributed by atoms with Crippen molar-refractivity contribution in [2.24, 2.45) is 0 Å². The summed E-state index contributed by atoms with van der Waals surface area (Å²) < 4.78 is 62.5. The second-order valence-corrected chi connectivity index (χ2v) is 6.09. The first-order valence-electron chi connectivity index (χ1n) is 6.49. The lowest BCUT2D eigenvalue weighted by Gasteiger charge is -2.32. The van der Waals surface area contributed by atoms with Gasteiger partial charge < -0.3 is 9.31 Å². The minimum absolute atomic E-state index is 0.277. The molecule has 1 aromatic heterocycles. The Morgan fingerprint density at radius 1 is 1.24 bits per heavy atom. The standard InChI is InChI=1S/C12H17BF4N2O2/c1-10(2)11(3,4)21-13(20-10)8-5-6-19(18-8)7-12(16,17)9(14)15/h5-6,9H,7H2,1-4H3. The van der Waals surface area contributed by atoms with Gasteiger partial charge in [-0.25, -0.2) is 8.78 Å². The number of halogens is 4. The van der Waals surface area contributed by atoms with Gasteiger partial charge >= 0.3 is 19.5 Å². The summed E-state index contributed by atoms with van der Waals surface area (Å²) >= 11 is 0. The van der Waals surface area contributed by atoms with Crippen molar-refractivity contribution in [3.8, 4) is 0 Å². The lowest BCUT2D eigenvalue weighted by molar-refractivity contribution is -0.139. The summed E-state index contributed by atoms with van der Waals surface area (Å²) in [5.41, 5.74) is -0.901. The van der Waals surface area contributed by atoms with Crippen molar-refractivity contribution in [3.05, 3.63) is 12.3 Å². The fraction of sp³-hybridized carbons (Fsp3) is 0.750. The van der Waals surface area contributed by atoms with Crippen LogP contribution in [0.25, 0.3) is 0 Å². The largest absolute Gasteiger partial charge is 0.516 e. The van der Waals surface area contributed by atoms with Crippen LogP contribution in [0.4, 0.5) is 17.6 Å². The van der Waals surface area contributed by atoms with E-state index in [0.717, 1.165) is 4.68 Å². The molecule has 1 fully saturated rings. The molecule has 1 saturated heterocycles. The van der Waals surface area contributed by atoms with Gasteiger partial charge in [-0.05, 0) is 33.8 Å². The first-order valence-corrected chi connectivity index (χ1v) is 6.49. The Kier molecular flexibility index (Phi) is 3.86. The van der Waals surface area contributed by atoms with Crippen molar-refractivity contribution >= 4 is 12.7 Å². The molecule has 2 rings (SSSR count). The number of hydrogen-bond acceptors (Lipinski definition) is 3. The molecule has 0 amide bonds. The predicted molar refractivity (Wildman–Crippen MR) is 68.9 cm³/mol. The Morgan fingerprint density at radius 2 is 1.76 bits per heavy atom. The molecule has 0 aliphatic carbocycles. The maximum atomic E-state index is 13.0. The Labute approximate surface area is 120 Å².